The van der Waals surface area contributed by atoms with E-state index in [9.17, 15) is 0 Å². The van der Waals surface area contributed by atoms with Gasteiger partial charge in [0.15, 0.2) is 0 Å². The fraction of sp³-hybridized carbons (Fsp3) is 0.111. The van der Waals surface area contributed by atoms with Crippen LogP contribution in [0.1, 0.15) is 16.8 Å². The molecule has 0 spiro atoms. The maximum Gasteiger partial charge on any atom is 0.0869 e. The molecule has 4 rings (SSSR count). The Morgan fingerprint density at radius 2 is 1.83 bits per heavy atom. The van der Waals surface area contributed by atoms with Crippen LogP contribution in [0.15, 0.2) is 60.9 Å². The van der Waals surface area contributed by atoms with Crippen LogP contribution in [0.2, 0.25) is 5.02 Å². The van der Waals surface area contributed by atoms with Crippen LogP contribution in [0.3, 0.4) is 0 Å². The minimum absolute atomic E-state index is 0.749. The van der Waals surface area contributed by atoms with Crippen LogP contribution >= 0.6 is 11.6 Å². The standard InChI is InChI=1S/C18H15ClN4/c19-17-7-3-1-5-13(17)11-23-12-14(9-15-10-20-22-21-15)16-6-2-4-8-18(16)23/h1-8,10,12H,9,11H2,(H,20,21,22). The number of rotatable bonds is 4. The average Bonchev–Trinajstić information content (AvgIpc) is 3.19. The number of fused-ring (bicyclic) bond motifs is 1. The minimum atomic E-state index is 0.749. The third-order valence-electron chi connectivity index (χ3n) is 4.01. The van der Waals surface area contributed by atoms with Gasteiger partial charge in [0.2, 0.25) is 0 Å². The van der Waals surface area contributed by atoms with Gasteiger partial charge < -0.3 is 4.57 Å². The van der Waals surface area contributed by atoms with E-state index in [1.165, 1.54) is 16.5 Å². The van der Waals surface area contributed by atoms with Gasteiger partial charge in [-0.2, -0.15) is 15.4 Å². The van der Waals surface area contributed by atoms with Crippen molar-refractivity contribution in [3.05, 3.63) is 82.8 Å². The van der Waals surface area contributed by atoms with Gasteiger partial charge >= 0.3 is 0 Å². The molecule has 0 fully saturated rings. The van der Waals surface area contributed by atoms with Crippen molar-refractivity contribution in [1.82, 2.24) is 20.0 Å². The van der Waals surface area contributed by atoms with E-state index in [-0.39, 0.29) is 0 Å². The summed E-state index contributed by atoms with van der Waals surface area (Å²) in [7, 11) is 0. The molecule has 0 bridgehead atoms. The highest BCUT2D eigenvalue weighted by atomic mass is 35.5. The van der Waals surface area contributed by atoms with Crippen molar-refractivity contribution < 1.29 is 0 Å². The first-order valence-corrected chi connectivity index (χ1v) is 7.84. The highest BCUT2D eigenvalue weighted by Gasteiger charge is 2.11. The molecule has 1 N–H and O–H groups in total. The zero-order valence-electron chi connectivity index (χ0n) is 12.4. The molecule has 0 amide bonds. The summed E-state index contributed by atoms with van der Waals surface area (Å²) in [5.74, 6) is 0. The molecule has 0 aliphatic carbocycles. The van der Waals surface area contributed by atoms with Crippen LogP contribution in [0.5, 0.6) is 0 Å². The molecule has 0 unspecified atom stereocenters. The first kappa shape index (κ1) is 14.0. The lowest BCUT2D eigenvalue weighted by molar-refractivity contribution is 0.830. The lowest BCUT2D eigenvalue weighted by Gasteiger charge is -2.07. The van der Waals surface area contributed by atoms with Gasteiger partial charge in [0.1, 0.15) is 0 Å². The van der Waals surface area contributed by atoms with E-state index in [0.29, 0.717) is 0 Å². The molecule has 114 valence electrons. The molecule has 0 saturated carbocycles. The zero-order chi connectivity index (χ0) is 15.6. The van der Waals surface area contributed by atoms with Crippen LogP contribution in [-0.2, 0) is 13.0 Å². The third kappa shape index (κ3) is 2.73. The maximum atomic E-state index is 6.31. The smallest absolute Gasteiger partial charge is 0.0869 e. The molecular formula is C18H15ClN4. The number of benzene rings is 2. The lowest BCUT2D eigenvalue weighted by Crippen LogP contribution is -1.98. The number of aromatic amines is 1. The lowest BCUT2D eigenvalue weighted by atomic mass is 10.1. The molecule has 0 aliphatic heterocycles. The van der Waals surface area contributed by atoms with Gasteiger partial charge in [0.05, 0.1) is 11.9 Å². The van der Waals surface area contributed by atoms with Crippen LogP contribution in [0.25, 0.3) is 10.9 Å². The van der Waals surface area contributed by atoms with Gasteiger partial charge in [-0.25, -0.2) is 0 Å². The molecule has 2 aromatic carbocycles. The number of hydrogen-bond donors (Lipinski definition) is 1. The van der Waals surface area contributed by atoms with Gasteiger partial charge in [0.25, 0.3) is 0 Å². The first-order valence-electron chi connectivity index (χ1n) is 7.46. The number of aromatic nitrogens is 4. The van der Waals surface area contributed by atoms with Crippen LogP contribution < -0.4 is 0 Å². The van der Waals surface area contributed by atoms with Gasteiger partial charge in [0, 0.05) is 35.1 Å². The third-order valence-corrected chi connectivity index (χ3v) is 4.37. The summed E-state index contributed by atoms with van der Waals surface area (Å²) in [6.45, 7) is 0.749. The number of H-pyrrole nitrogens is 1. The van der Waals surface area contributed by atoms with E-state index in [2.05, 4.69) is 56.5 Å². The van der Waals surface area contributed by atoms with Crippen LogP contribution in [-0.4, -0.2) is 20.0 Å². The summed E-state index contributed by atoms with van der Waals surface area (Å²) in [5, 5.41) is 12.7. The second-order valence-corrected chi connectivity index (χ2v) is 5.94. The molecule has 23 heavy (non-hydrogen) atoms. The summed E-state index contributed by atoms with van der Waals surface area (Å²) < 4.78 is 2.24. The Hall–Kier alpha value is -2.59. The molecule has 2 heterocycles. The van der Waals surface area contributed by atoms with E-state index < -0.39 is 0 Å². The van der Waals surface area contributed by atoms with Crippen molar-refractivity contribution in [1.29, 1.82) is 0 Å². The normalized spacial score (nSPS) is 11.2. The molecule has 0 atom stereocenters. The van der Waals surface area contributed by atoms with E-state index in [1.54, 1.807) is 6.20 Å². The summed E-state index contributed by atoms with van der Waals surface area (Å²) in [6.07, 6.45) is 4.70. The summed E-state index contributed by atoms with van der Waals surface area (Å²) in [4.78, 5) is 0. The molecule has 4 nitrogen and oxygen atoms in total. The Bertz CT molecular complexity index is 941. The van der Waals surface area contributed by atoms with Crippen molar-refractivity contribution in [3.63, 3.8) is 0 Å². The highest BCUT2D eigenvalue weighted by molar-refractivity contribution is 6.31. The van der Waals surface area contributed by atoms with Gasteiger partial charge in [-0.15, -0.1) is 0 Å². The predicted octanol–water partition coefficient (Wildman–Crippen LogP) is 4.05. The highest BCUT2D eigenvalue weighted by Crippen LogP contribution is 2.25. The molecule has 0 radical (unpaired) electrons. The van der Waals surface area contributed by atoms with E-state index >= 15 is 0 Å². The SMILES string of the molecule is Clc1ccccc1Cn1cc(Cc2cn[nH]n2)c2ccccc21. The monoisotopic (exact) mass is 322 g/mol. The maximum absolute atomic E-state index is 6.31. The van der Waals surface area contributed by atoms with Crippen molar-refractivity contribution >= 4 is 22.5 Å². The number of nitrogens with zero attached hydrogens (tertiary/aromatic N) is 3. The van der Waals surface area contributed by atoms with E-state index in [1.807, 2.05) is 18.2 Å². The Kier molecular flexibility index (Phi) is 3.60. The van der Waals surface area contributed by atoms with Crippen molar-refractivity contribution in [2.24, 2.45) is 0 Å². The van der Waals surface area contributed by atoms with Gasteiger partial charge in [-0.3, -0.25) is 0 Å². The quantitative estimate of drug-likeness (QED) is 0.616. The minimum Gasteiger partial charge on any atom is -0.343 e. The van der Waals surface area contributed by atoms with E-state index in [4.69, 9.17) is 11.6 Å². The second-order valence-electron chi connectivity index (χ2n) is 5.53. The fourth-order valence-electron chi connectivity index (χ4n) is 2.91. The first-order chi connectivity index (χ1) is 11.3. The average molecular weight is 323 g/mol. The molecule has 0 aliphatic rings. The van der Waals surface area contributed by atoms with Gasteiger partial charge in [-0.05, 0) is 23.3 Å². The van der Waals surface area contributed by atoms with Crippen LogP contribution in [0, 0.1) is 0 Å². The van der Waals surface area contributed by atoms with Crippen molar-refractivity contribution in [2.45, 2.75) is 13.0 Å². The van der Waals surface area contributed by atoms with Crippen molar-refractivity contribution in [3.8, 4) is 0 Å². The molecule has 2 aromatic heterocycles. The predicted molar refractivity (Wildman–Crippen MR) is 91.7 cm³/mol. The zero-order valence-corrected chi connectivity index (χ0v) is 13.2. The molecular weight excluding hydrogens is 308 g/mol. The van der Waals surface area contributed by atoms with E-state index in [0.717, 1.165) is 29.2 Å². The Balaban J connectivity index is 1.76. The molecule has 4 aromatic rings. The Labute approximate surface area is 138 Å². The number of nitrogens with one attached hydrogen (secondary N) is 1. The fourth-order valence-corrected chi connectivity index (χ4v) is 3.11. The van der Waals surface area contributed by atoms with Gasteiger partial charge in [-0.1, -0.05) is 48.0 Å². The Morgan fingerprint density at radius 1 is 1.00 bits per heavy atom. The topological polar surface area (TPSA) is 46.5 Å². The number of halogens is 1. The van der Waals surface area contributed by atoms with Crippen molar-refractivity contribution in [2.75, 3.05) is 0 Å². The van der Waals surface area contributed by atoms with Crippen LogP contribution in [0.4, 0.5) is 0 Å². The molecule has 0 saturated heterocycles. The summed E-state index contributed by atoms with van der Waals surface area (Å²) in [6, 6.07) is 16.4. The number of hydrogen-bond acceptors (Lipinski definition) is 2. The molecule has 5 heteroatoms. The summed E-state index contributed by atoms with van der Waals surface area (Å²) in [5.41, 5.74) is 4.49. The second kappa shape index (κ2) is 5.89. The number of para-hydroxylation sites is 1. The largest absolute Gasteiger partial charge is 0.343 e. The Morgan fingerprint density at radius 3 is 2.65 bits per heavy atom. The summed E-state index contributed by atoms with van der Waals surface area (Å²) >= 11 is 6.31.